The van der Waals surface area contributed by atoms with Crippen molar-refractivity contribution in [2.75, 3.05) is 26.3 Å². The average Bonchev–Trinajstić information content (AvgIpc) is 3.84. The molecule has 5 aliphatic rings. The van der Waals surface area contributed by atoms with Gasteiger partial charge in [-0.05, 0) is 88.8 Å². The summed E-state index contributed by atoms with van der Waals surface area (Å²) in [5.74, 6) is 1.37. The number of ether oxygens (including phenoxy) is 2. The lowest BCUT2D eigenvalue weighted by Gasteiger charge is -2.31. The molecule has 284 valence electrons. The van der Waals surface area contributed by atoms with Gasteiger partial charge < -0.3 is 13.9 Å². The molecule has 0 radical (unpaired) electrons. The Morgan fingerprint density at radius 1 is 0.830 bits per heavy atom. The molecule has 3 aliphatic heterocycles. The van der Waals surface area contributed by atoms with Crippen molar-refractivity contribution in [1.29, 1.82) is 0 Å². The molecule has 3 unspecified atom stereocenters. The SMILES string of the molecule is CC(C)(C)OC(=O)C1CCCCC(C2CCC(=O)C3=NC(c4ccc(-c5ccc(CN6CCOCC6)cc5)o4)=NN(C4CCCC4)C3=NC(=O)C2)CC1. The largest absolute Gasteiger partial charge is 0.460 e. The molecule has 3 atom stereocenters. The molecular formula is C42H55N5O6. The van der Waals surface area contributed by atoms with Gasteiger partial charge in [0.25, 0.3) is 0 Å². The summed E-state index contributed by atoms with van der Waals surface area (Å²) in [6.45, 7) is 10.0. The normalized spacial score (nSPS) is 25.6. The number of ketones is 1. The number of rotatable bonds is 7. The van der Waals surface area contributed by atoms with Crippen molar-refractivity contribution in [1.82, 2.24) is 9.91 Å². The summed E-state index contributed by atoms with van der Waals surface area (Å²) in [6, 6.07) is 12.2. The van der Waals surface area contributed by atoms with Gasteiger partial charge in [-0.15, -0.1) is 5.10 Å². The number of nitrogens with zero attached hydrogens (tertiary/aromatic N) is 5. The van der Waals surface area contributed by atoms with Crippen molar-refractivity contribution in [3.63, 3.8) is 0 Å². The van der Waals surface area contributed by atoms with Crippen LogP contribution in [0.5, 0.6) is 0 Å². The molecule has 0 N–H and O–H groups in total. The zero-order chi connectivity index (χ0) is 37.0. The van der Waals surface area contributed by atoms with Crippen LogP contribution in [0.3, 0.4) is 0 Å². The van der Waals surface area contributed by atoms with Crippen molar-refractivity contribution in [3.8, 4) is 11.3 Å². The second kappa shape index (κ2) is 16.6. The fraction of sp³-hybridized carbons (Fsp3) is 0.619. The van der Waals surface area contributed by atoms with Gasteiger partial charge in [0.1, 0.15) is 11.4 Å². The van der Waals surface area contributed by atoms with E-state index in [1.54, 1.807) is 5.01 Å². The summed E-state index contributed by atoms with van der Waals surface area (Å²) >= 11 is 0. The number of Topliss-reactive ketones (excluding diaryl/α,β-unsaturated/α-hetero) is 1. The molecular weight excluding hydrogens is 670 g/mol. The van der Waals surface area contributed by atoms with Gasteiger partial charge >= 0.3 is 5.97 Å². The number of hydrogen-bond acceptors (Lipinski definition) is 10. The van der Waals surface area contributed by atoms with Gasteiger partial charge in [-0.25, -0.2) is 10.0 Å². The molecule has 11 nitrogen and oxygen atoms in total. The molecule has 3 fully saturated rings. The highest BCUT2D eigenvalue weighted by atomic mass is 16.6. The number of hydrazone groups is 1. The molecule has 2 aromatic rings. The zero-order valence-electron chi connectivity index (χ0n) is 31.7. The monoisotopic (exact) mass is 725 g/mol. The zero-order valence-corrected chi connectivity index (χ0v) is 31.7. The predicted molar refractivity (Wildman–Crippen MR) is 204 cm³/mol. The van der Waals surface area contributed by atoms with E-state index >= 15 is 0 Å². The van der Waals surface area contributed by atoms with Crippen LogP contribution in [0.2, 0.25) is 0 Å². The molecule has 2 aliphatic carbocycles. The van der Waals surface area contributed by atoms with Crippen LogP contribution in [0.15, 0.2) is 55.9 Å². The number of carbonyl (C=O) groups excluding carboxylic acids is 3. The van der Waals surface area contributed by atoms with Crippen molar-refractivity contribution in [3.05, 3.63) is 47.7 Å². The van der Waals surface area contributed by atoms with E-state index < -0.39 is 5.60 Å². The van der Waals surface area contributed by atoms with E-state index in [4.69, 9.17) is 24.0 Å². The van der Waals surface area contributed by atoms with Crippen LogP contribution in [0.1, 0.15) is 116 Å². The third-order valence-corrected chi connectivity index (χ3v) is 11.4. The Kier molecular flexibility index (Phi) is 11.7. The lowest BCUT2D eigenvalue weighted by molar-refractivity contribution is -0.161. The van der Waals surface area contributed by atoms with Crippen LogP contribution >= 0.6 is 0 Å². The smallest absolute Gasteiger partial charge is 0.309 e. The van der Waals surface area contributed by atoms with Crippen molar-refractivity contribution >= 4 is 35.0 Å². The van der Waals surface area contributed by atoms with Crippen LogP contribution < -0.4 is 0 Å². The fourth-order valence-corrected chi connectivity index (χ4v) is 8.56. The molecule has 1 amide bonds. The highest BCUT2D eigenvalue weighted by Crippen LogP contribution is 2.37. The first-order valence-electron chi connectivity index (χ1n) is 19.9. The molecule has 0 bridgehead atoms. The van der Waals surface area contributed by atoms with Gasteiger partial charge in [-0.3, -0.25) is 19.3 Å². The highest BCUT2D eigenvalue weighted by Gasteiger charge is 2.38. The van der Waals surface area contributed by atoms with E-state index in [9.17, 15) is 14.4 Å². The number of carbonyl (C=O) groups is 3. The van der Waals surface area contributed by atoms with E-state index in [1.807, 2.05) is 32.9 Å². The number of fused-ring (bicyclic) bond motifs is 1. The summed E-state index contributed by atoms with van der Waals surface area (Å²) in [5.41, 5.74) is 1.86. The van der Waals surface area contributed by atoms with Crippen LogP contribution in [0.4, 0.5) is 0 Å². The highest BCUT2D eigenvalue weighted by molar-refractivity contribution is 6.68. The maximum atomic E-state index is 14.1. The van der Waals surface area contributed by atoms with Gasteiger partial charge in [0.15, 0.2) is 23.1 Å². The Morgan fingerprint density at radius 3 is 2.30 bits per heavy atom. The van der Waals surface area contributed by atoms with Crippen LogP contribution in [-0.4, -0.2) is 82.9 Å². The van der Waals surface area contributed by atoms with Crippen molar-refractivity contribution in [2.24, 2.45) is 32.8 Å². The summed E-state index contributed by atoms with van der Waals surface area (Å²) in [7, 11) is 0. The molecule has 11 heteroatoms. The lowest BCUT2D eigenvalue weighted by Crippen LogP contribution is -2.45. The van der Waals surface area contributed by atoms with E-state index in [-0.39, 0.29) is 65.8 Å². The maximum Gasteiger partial charge on any atom is 0.309 e. The van der Waals surface area contributed by atoms with Crippen molar-refractivity contribution in [2.45, 2.75) is 122 Å². The molecule has 1 aromatic carbocycles. The Bertz CT molecular complexity index is 1720. The van der Waals surface area contributed by atoms with E-state index in [0.717, 1.165) is 103 Å². The molecule has 2 saturated carbocycles. The molecule has 0 spiro atoms. The maximum absolute atomic E-state index is 14.1. The Balaban J connectivity index is 1.09. The standard InChI is InChI=1S/C42H55N5O6/c1-42(2,3)53-41(50)31-9-5-4-8-29(16-17-31)32-18-19-34(48)38-40(43-37(49)26-32)47(33-10-6-7-11-33)45-39(44-38)36-21-20-35(52-36)30-14-12-28(13-15-30)27-46-22-24-51-25-23-46/h12-15,20-21,29,31-33H,4-11,16-19,22-27H2,1-3H3. The van der Waals surface area contributed by atoms with Crippen molar-refractivity contribution < 1.29 is 28.3 Å². The van der Waals surface area contributed by atoms with Crippen LogP contribution in [0.25, 0.3) is 11.3 Å². The Morgan fingerprint density at radius 2 is 1.55 bits per heavy atom. The topological polar surface area (TPSA) is 126 Å². The van der Waals surface area contributed by atoms with Gasteiger partial charge in [-0.1, -0.05) is 56.4 Å². The second-order valence-electron chi connectivity index (χ2n) is 16.5. The number of aliphatic imine (C=N–C) groups is 2. The van der Waals surface area contributed by atoms with Crippen LogP contribution in [0, 0.1) is 17.8 Å². The molecule has 4 heterocycles. The number of benzene rings is 1. The van der Waals surface area contributed by atoms with E-state index in [1.165, 1.54) is 5.56 Å². The first-order valence-corrected chi connectivity index (χ1v) is 19.9. The second-order valence-corrected chi connectivity index (χ2v) is 16.5. The van der Waals surface area contributed by atoms with Gasteiger partial charge in [0, 0.05) is 38.0 Å². The van der Waals surface area contributed by atoms with Gasteiger partial charge in [0.2, 0.25) is 11.7 Å². The summed E-state index contributed by atoms with van der Waals surface area (Å²) < 4.78 is 17.6. The Hall–Kier alpha value is -3.96. The number of hydrogen-bond donors (Lipinski definition) is 0. The number of amidine groups is 2. The predicted octanol–water partition coefficient (Wildman–Crippen LogP) is 7.36. The quantitative estimate of drug-likeness (QED) is 0.271. The fourth-order valence-electron chi connectivity index (χ4n) is 8.56. The van der Waals surface area contributed by atoms with E-state index in [2.05, 4.69) is 34.2 Å². The number of esters is 1. The molecule has 7 rings (SSSR count). The lowest BCUT2D eigenvalue weighted by atomic mass is 9.75. The number of morpholine rings is 1. The Labute approximate surface area is 313 Å². The van der Waals surface area contributed by atoms with Gasteiger partial charge in [0.05, 0.1) is 25.2 Å². The number of amides is 1. The average molecular weight is 726 g/mol. The third kappa shape index (κ3) is 9.41. The number of furan rings is 1. The summed E-state index contributed by atoms with van der Waals surface area (Å²) in [5, 5.41) is 6.73. The summed E-state index contributed by atoms with van der Waals surface area (Å²) in [6.07, 6.45) is 10.3. The first kappa shape index (κ1) is 37.4. The minimum atomic E-state index is -0.521. The molecule has 1 aromatic heterocycles. The minimum Gasteiger partial charge on any atom is -0.460 e. The first-order chi connectivity index (χ1) is 25.6. The minimum absolute atomic E-state index is 0.00199. The molecule has 53 heavy (non-hydrogen) atoms. The van der Waals surface area contributed by atoms with E-state index in [0.29, 0.717) is 23.8 Å². The van der Waals surface area contributed by atoms with Crippen LogP contribution in [-0.2, 0) is 30.4 Å². The summed E-state index contributed by atoms with van der Waals surface area (Å²) in [4.78, 5) is 52.7. The third-order valence-electron chi connectivity index (χ3n) is 11.4. The molecule has 1 saturated heterocycles. The van der Waals surface area contributed by atoms with Gasteiger partial charge in [-0.2, -0.15) is 4.99 Å².